The van der Waals surface area contributed by atoms with Crippen LogP contribution >= 0.6 is 23.2 Å². The van der Waals surface area contributed by atoms with Crippen LogP contribution in [0, 0.1) is 0 Å². The summed E-state index contributed by atoms with van der Waals surface area (Å²) in [5.74, 6) is -0.334. The van der Waals surface area contributed by atoms with E-state index in [0.29, 0.717) is 38.4 Å². The number of aromatic nitrogens is 1. The summed E-state index contributed by atoms with van der Waals surface area (Å²) in [7, 11) is -3.78. The van der Waals surface area contributed by atoms with Crippen LogP contribution < -0.4 is 10.1 Å². The molecule has 2 heterocycles. The maximum Gasteiger partial charge on any atom is 0.280 e. The summed E-state index contributed by atoms with van der Waals surface area (Å²) < 4.78 is 24.8. The summed E-state index contributed by atoms with van der Waals surface area (Å²) in [6, 6.07) is 14.6. The first-order valence-corrected chi connectivity index (χ1v) is 11.3. The van der Waals surface area contributed by atoms with E-state index in [0.717, 1.165) is 0 Å². The van der Waals surface area contributed by atoms with Gasteiger partial charge in [0.05, 0.1) is 26.9 Å². The molecule has 2 N–H and O–H groups in total. The molecule has 0 fully saturated rings. The van der Waals surface area contributed by atoms with Crippen LogP contribution in [0.5, 0.6) is 0 Å². The lowest BCUT2D eigenvalue weighted by atomic mass is 10.1. The number of hydrogen-bond acceptors (Lipinski definition) is 4. The molecule has 4 rings (SSSR count). The molecule has 0 saturated carbocycles. The minimum atomic E-state index is -3.78. The van der Waals surface area contributed by atoms with Gasteiger partial charge in [-0.3, -0.25) is 4.79 Å². The van der Waals surface area contributed by atoms with Crippen LogP contribution in [0.15, 0.2) is 76.4 Å². The fourth-order valence-electron chi connectivity index (χ4n) is 3.19. The van der Waals surface area contributed by atoms with Crippen molar-refractivity contribution in [3.05, 3.63) is 82.1 Å². The minimum absolute atomic E-state index is 0.0197. The van der Waals surface area contributed by atoms with Crippen molar-refractivity contribution in [1.29, 1.82) is 0 Å². The predicted molar refractivity (Wildman–Crippen MR) is 122 cm³/mol. The van der Waals surface area contributed by atoms with Gasteiger partial charge in [0.2, 0.25) is 10.0 Å². The molecule has 0 aliphatic carbocycles. The third-order valence-corrected chi connectivity index (χ3v) is 6.20. The van der Waals surface area contributed by atoms with Crippen LogP contribution in [0.1, 0.15) is 12.6 Å². The van der Waals surface area contributed by atoms with Gasteiger partial charge in [-0.05, 0) is 67.6 Å². The molecule has 1 aromatic heterocycles. The van der Waals surface area contributed by atoms with Crippen LogP contribution in [0.3, 0.4) is 0 Å². The normalized spacial score (nSPS) is 15.6. The first kappa shape index (κ1) is 21.3. The van der Waals surface area contributed by atoms with Crippen molar-refractivity contribution in [3.63, 3.8) is 0 Å². The highest BCUT2D eigenvalue weighted by molar-refractivity contribution is 7.89. The van der Waals surface area contributed by atoms with Gasteiger partial charge in [-0.15, -0.1) is 0 Å². The molecule has 0 unspecified atom stereocenters. The van der Waals surface area contributed by atoms with E-state index in [1.165, 1.54) is 17.1 Å². The highest BCUT2D eigenvalue weighted by atomic mass is 35.5. The Morgan fingerprint density at radius 3 is 2.45 bits per heavy atom. The summed E-state index contributed by atoms with van der Waals surface area (Å²) in [4.78, 5) is 13.1. The van der Waals surface area contributed by atoms with Crippen LogP contribution in [-0.2, 0) is 14.8 Å². The smallest absolute Gasteiger partial charge is 0.280 e. The molecule has 2 aromatic carbocycles. The van der Waals surface area contributed by atoms with Gasteiger partial charge < -0.3 is 4.57 Å². The van der Waals surface area contributed by atoms with Crippen molar-refractivity contribution in [2.75, 3.05) is 5.01 Å². The molecule has 0 radical (unpaired) electrons. The molecular weight excluding hydrogens is 459 g/mol. The third kappa shape index (κ3) is 4.15. The number of carbonyl (C=O) groups is 1. The molecule has 3 aromatic rings. The van der Waals surface area contributed by atoms with Gasteiger partial charge in [-0.1, -0.05) is 23.2 Å². The molecule has 0 saturated heterocycles. The van der Waals surface area contributed by atoms with Crippen molar-refractivity contribution in [1.82, 2.24) is 4.57 Å². The number of primary sulfonamides is 1. The highest BCUT2D eigenvalue weighted by Gasteiger charge is 2.30. The van der Waals surface area contributed by atoms with Gasteiger partial charge in [0.1, 0.15) is 0 Å². The molecule has 0 atom stereocenters. The predicted octanol–water partition coefficient (Wildman–Crippen LogP) is 4.24. The maximum atomic E-state index is 13.1. The molecule has 31 heavy (non-hydrogen) atoms. The number of benzene rings is 2. The van der Waals surface area contributed by atoms with Crippen molar-refractivity contribution >= 4 is 56.6 Å². The van der Waals surface area contributed by atoms with Crippen molar-refractivity contribution in [3.8, 4) is 5.69 Å². The van der Waals surface area contributed by atoms with Gasteiger partial charge in [0.25, 0.3) is 5.91 Å². The van der Waals surface area contributed by atoms with Gasteiger partial charge in [-0.2, -0.15) is 10.1 Å². The lowest BCUT2D eigenvalue weighted by Crippen LogP contribution is -2.21. The van der Waals surface area contributed by atoms with Gasteiger partial charge >= 0.3 is 0 Å². The van der Waals surface area contributed by atoms with E-state index < -0.39 is 10.0 Å². The van der Waals surface area contributed by atoms with Crippen molar-refractivity contribution < 1.29 is 13.2 Å². The number of hydrogen-bond donors (Lipinski definition) is 1. The second-order valence-electron chi connectivity index (χ2n) is 6.80. The fraction of sp³-hybridized carbons (Fsp3) is 0.0476. The number of nitrogens with zero attached hydrogens (tertiary/aromatic N) is 3. The number of anilines is 1. The number of rotatable bonds is 4. The number of nitrogens with two attached hydrogens (primary N) is 1. The largest absolute Gasteiger partial charge is 0.317 e. The summed E-state index contributed by atoms with van der Waals surface area (Å²) >= 11 is 12.3. The Hall–Kier alpha value is -2.91. The fourth-order valence-corrected chi connectivity index (χ4v) is 4.07. The van der Waals surface area contributed by atoms with Crippen LogP contribution in [0.25, 0.3) is 11.8 Å². The van der Waals surface area contributed by atoms with E-state index in [1.807, 2.05) is 16.7 Å². The Morgan fingerprint density at radius 1 is 1.06 bits per heavy atom. The first-order chi connectivity index (χ1) is 14.6. The first-order valence-electron chi connectivity index (χ1n) is 9.02. The molecule has 1 amide bonds. The van der Waals surface area contributed by atoms with Crippen LogP contribution in [0.4, 0.5) is 5.69 Å². The van der Waals surface area contributed by atoms with Crippen LogP contribution in [-0.4, -0.2) is 24.6 Å². The van der Waals surface area contributed by atoms with E-state index in [-0.39, 0.29) is 10.8 Å². The zero-order valence-electron chi connectivity index (χ0n) is 16.2. The average Bonchev–Trinajstić information content (AvgIpc) is 3.29. The summed E-state index contributed by atoms with van der Waals surface area (Å²) in [5.41, 5.74) is 2.74. The SMILES string of the molecule is CC1=NN(c2cc(Cl)ccc2Cl)C(=O)/C1=C/c1cccn1-c1ccc(S(N)(=O)=O)cc1. The second kappa shape index (κ2) is 7.97. The van der Waals surface area contributed by atoms with Crippen LogP contribution in [0.2, 0.25) is 10.0 Å². The Bertz CT molecular complexity index is 1360. The minimum Gasteiger partial charge on any atom is -0.317 e. The zero-order valence-corrected chi connectivity index (χ0v) is 18.5. The molecule has 158 valence electrons. The van der Waals surface area contributed by atoms with E-state index in [4.69, 9.17) is 28.3 Å². The molecule has 1 aliphatic rings. The molecule has 0 bridgehead atoms. The summed E-state index contributed by atoms with van der Waals surface area (Å²) in [6.45, 7) is 1.73. The quantitative estimate of drug-likeness (QED) is 0.572. The molecule has 10 heteroatoms. The Balaban J connectivity index is 1.69. The Kier molecular flexibility index (Phi) is 5.49. The van der Waals surface area contributed by atoms with Crippen molar-refractivity contribution in [2.24, 2.45) is 10.2 Å². The standard InChI is InChI=1S/C21H16Cl2N4O3S/c1-13-18(21(28)27(25-13)20-11-14(22)4-9-19(20)23)12-16-3-2-10-26(16)15-5-7-17(8-6-15)31(24,29)30/h2-12H,1H3,(H2,24,29,30)/b18-12+. The number of carbonyl (C=O) groups excluding carboxylic acids is 1. The molecule has 1 aliphatic heterocycles. The van der Waals surface area contributed by atoms with Gasteiger partial charge in [0.15, 0.2) is 0 Å². The number of sulfonamides is 1. The van der Waals surface area contributed by atoms with E-state index in [1.54, 1.807) is 49.5 Å². The third-order valence-electron chi connectivity index (χ3n) is 4.71. The van der Waals surface area contributed by atoms with E-state index >= 15 is 0 Å². The Morgan fingerprint density at radius 2 is 1.77 bits per heavy atom. The van der Waals surface area contributed by atoms with Gasteiger partial charge in [0, 0.05) is 22.6 Å². The van der Waals surface area contributed by atoms with E-state index in [2.05, 4.69) is 5.10 Å². The highest BCUT2D eigenvalue weighted by Crippen LogP contribution is 2.33. The lowest BCUT2D eigenvalue weighted by Gasteiger charge is -2.14. The number of hydrazone groups is 1. The summed E-state index contributed by atoms with van der Waals surface area (Å²) in [6.07, 6.45) is 3.52. The monoisotopic (exact) mass is 474 g/mol. The number of halogens is 2. The average molecular weight is 475 g/mol. The lowest BCUT2D eigenvalue weighted by molar-refractivity contribution is -0.114. The molecule has 7 nitrogen and oxygen atoms in total. The number of amides is 1. The molecule has 0 spiro atoms. The summed E-state index contributed by atoms with van der Waals surface area (Å²) in [5, 5.41) is 11.5. The maximum absolute atomic E-state index is 13.1. The van der Waals surface area contributed by atoms with Crippen molar-refractivity contribution in [2.45, 2.75) is 11.8 Å². The Labute approximate surface area is 189 Å². The topological polar surface area (TPSA) is 97.8 Å². The second-order valence-corrected chi connectivity index (χ2v) is 9.20. The van der Waals surface area contributed by atoms with Gasteiger partial charge in [-0.25, -0.2) is 13.6 Å². The molecular formula is C21H16Cl2N4O3S. The van der Waals surface area contributed by atoms with E-state index in [9.17, 15) is 13.2 Å². The zero-order chi connectivity index (χ0) is 22.3.